The Morgan fingerprint density at radius 1 is 1.36 bits per heavy atom. The number of hydrogen-bond acceptors (Lipinski definition) is 4. The summed E-state index contributed by atoms with van der Waals surface area (Å²) in [5.74, 6) is -0.0543. The molecule has 0 aliphatic carbocycles. The largest absolute Gasteiger partial charge is 0.350 e. The number of pyridine rings is 1. The molecule has 1 amide bonds. The molecule has 3 heterocycles. The van der Waals surface area contributed by atoms with Crippen LogP contribution in [-0.4, -0.2) is 46.9 Å². The number of nitrogens with one attached hydrogen (secondary N) is 1. The van der Waals surface area contributed by atoms with Gasteiger partial charge in [0.1, 0.15) is 5.65 Å². The van der Waals surface area contributed by atoms with Crippen LogP contribution >= 0.6 is 0 Å². The molecule has 2 aromatic heterocycles. The Kier molecular flexibility index (Phi) is 5.10. The lowest BCUT2D eigenvalue weighted by molar-refractivity contribution is -0.126. The van der Waals surface area contributed by atoms with Crippen molar-refractivity contribution in [3.8, 4) is 0 Å². The van der Waals surface area contributed by atoms with Crippen LogP contribution in [0.4, 0.5) is 0 Å². The van der Waals surface area contributed by atoms with Gasteiger partial charge in [-0.2, -0.15) is 0 Å². The summed E-state index contributed by atoms with van der Waals surface area (Å²) < 4.78 is 27.2. The summed E-state index contributed by atoms with van der Waals surface area (Å²) in [5.41, 5.74) is 2.81. The van der Waals surface area contributed by atoms with E-state index in [0.717, 1.165) is 16.9 Å². The Labute approximate surface area is 148 Å². The van der Waals surface area contributed by atoms with Crippen LogP contribution < -0.4 is 5.32 Å². The highest BCUT2D eigenvalue weighted by atomic mass is 32.2. The van der Waals surface area contributed by atoms with Crippen LogP contribution in [0, 0.1) is 12.8 Å². The Morgan fingerprint density at radius 3 is 2.76 bits per heavy atom. The number of carbonyl (C=O) groups excluding carboxylic acids is 1. The second-order valence-corrected chi connectivity index (χ2v) is 8.75. The van der Waals surface area contributed by atoms with Gasteiger partial charge in [-0.3, -0.25) is 4.79 Å². The van der Waals surface area contributed by atoms with Crippen LogP contribution in [0.25, 0.3) is 5.65 Å². The van der Waals surface area contributed by atoms with Crippen molar-refractivity contribution in [2.75, 3.05) is 18.8 Å². The zero-order valence-electron chi connectivity index (χ0n) is 14.6. The lowest BCUT2D eigenvalue weighted by Gasteiger charge is -2.30. The van der Waals surface area contributed by atoms with Crippen molar-refractivity contribution in [2.45, 2.75) is 33.2 Å². The predicted octanol–water partition coefficient (Wildman–Crippen LogP) is 1.32. The smallest absolute Gasteiger partial charge is 0.223 e. The minimum atomic E-state index is -3.16. The van der Waals surface area contributed by atoms with Gasteiger partial charge in [0.15, 0.2) is 0 Å². The Balaban J connectivity index is 1.54. The van der Waals surface area contributed by atoms with Crippen LogP contribution in [0.15, 0.2) is 24.5 Å². The summed E-state index contributed by atoms with van der Waals surface area (Å²) in [4.78, 5) is 16.9. The molecule has 1 aliphatic rings. The first kappa shape index (κ1) is 17.9. The number of aromatic nitrogens is 2. The maximum absolute atomic E-state index is 12.4. The number of amides is 1. The number of aryl methyl sites for hydroxylation is 1. The van der Waals surface area contributed by atoms with E-state index in [2.05, 4.69) is 10.3 Å². The van der Waals surface area contributed by atoms with Gasteiger partial charge < -0.3 is 9.72 Å². The van der Waals surface area contributed by atoms with E-state index in [1.165, 1.54) is 4.31 Å². The van der Waals surface area contributed by atoms with Gasteiger partial charge in [0.05, 0.1) is 18.0 Å². The molecule has 1 saturated heterocycles. The number of carbonyl (C=O) groups is 1. The van der Waals surface area contributed by atoms with Crippen molar-refractivity contribution in [1.29, 1.82) is 0 Å². The molecule has 1 N–H and O–H groups in total. The van der Waals surface area contributed by atoms with Crippen molar-refractivity contribution in [3.05, 3.63) is 35.8 Å². The van der Waals surface area contributed by atoms with Crippen LogP contribution in [0.5, 0.6) is 0 Å². The zero-order chi connectivity index (χ0) is 18.0. The monoisotopic (exact) mass is 364 g/mol. The maximum atomic E-state index is 12.4. The Morgan fingerprint density at radius 2 is 2.08 bits per heavy atom. The number of imidazole rings is 1. The van der Waals surface area contributed by atoms with E-state index in [1.807, 2.05) is 35.9 Å². The van der Waals surface area contributed by atoms with Crippen molar-refractivity contribution in [1.82, 2.24) is 19.0 Å². The Hall–Kier alpha value is -1.93. The van der Waals surface area contributed by atoms with Gasteiger partial charge in [0.25, 0.3) is 0 Å². The van der Waals surface area contributed by atoms with E-state index in [9.17, 15) is 13.2 Å². The van der Waals surface area contributed by atoms with Gasteiger partial charge in [-0.15, -0.1) is 0 Å². The molecule has 136 valence electrons. The minimum Gasteiger partial charge on any atom is -0.350 e. The lowest BCUT2D eigenvalue weighted by Crippen LogP contribution is -2.43. The molecule has 0 unspecified atom stereocenters. The average molecular weight is 364 g/mol. The predicted molar refractivity (Wildman–Crippen MR) is 95.5 cm³/mol. The van der Waals surface area contributed by atoms with Gasteiger partial charge in [-0.05, 0) is 44.4 Å². The van der Waals surface area contributed by atoms with Crippen LogP contribution in [0.2, 0.25) is 0 Å². The highest BCUT2D eigenvalue weighted by Gasteiger charge is 2.30. The van der Waals surface area contributed by atoms with Crippen molar-refractivity contribution in [3.63, 3.8) is 0 Å². The van der Waals surface area contributed by atoms with Gasteiger partial charge in [-0.1, -0.05) is 0 Å². The number of fused-ring (bicyclic) bond motifs is 1. The third-order valence-electron chi connectivity index (χ3n) is 4.69. The highest BCUT2D eigenvalue weighted by molar-refractivity contribution is 7.89. The first-order chi connectivity index (χ1) is 11.9. The molecule has 0 radical (unpaired) electrons. The second-order valence-electron chi connectivity index (χ2n) is 6.49. The van der Waals surface area contributed by atoms with E-state index in [-0.39, 0.29) is 17.6 Å². The summed E-state index contributed by atoms with van der Waals surface area (Å²) in [7, 11) is -3.16. The molecule has 1 fully saturated rings. The molecule has 0 spiro atoms. The number of rotatable bonds is 5. The molecule has 25 heavy (non-hydrogen) atoms. The first-order valence-corrected chi connectivity index (χ1v) is 10.2. The molecule has 7 nitrogen and oxygen atoms in total. The number of sulfonamides is 1. The van der Waals surface area contributed by atoms with Gasteiger partial charge in [0.2, 0.25) is 15.9 Å². The third-order valence-corrected chi connectivity index (χ3v) is 6.57. The fourth-order valence-electron chi connectivity index (χ4n) is 3.12. The van der Waals surface area contributed by atoms with Gasteiger partial charge in [-0.25, -0.2) is 17.7 Å². The number of nitrogens with zero attached hydrogens (tertiary/aromatic N) is 3. The molecule has 3 rings (SSSR count). The summed E-state index contributed by atoms with van der Waals surface area (Å²) in [5, 5.41) is 2.93. The van der Waals surface area contributed by atoms with E-state index in [4.69, 9.17) is 0 Å². The van der Waals surface area contributed by atoms with E-state index < -0.39 is 10.0 Å². The number of hydrogen-bond donors (Lipinski definition) is 1. The molecular formula is C17H24N4O3S. The summed E-state index contributed by atoms with van der Waals surface area (Å²) in [6, 6.07) is 4.00. The molecular weight excluding hydrogens is 340 g/mol. The first-order valence-electron chi connectivity index (χ1n) is 8.59. The van der Waals surface area contributed by atoms with Crippen molar-refractivity contribution >= 4 is 21.6 Å². The average Bonchev–Trinajstić information content (AvgIpc) is 3.01. The molecule has 0 aromatic carbocycles. The van der Waals surface area contributed by atoms with Crippen LogP contribution in [0.3, 0.4) is 0 Å². The standard InChI is InChI=1S/C17H24N4O3S/c1-3-25(23,24)21-8-5-14(6-9-21)17(22)18-11-15-12-20-7-4-13(2)10-16(20)19-15/h4,7,10,12,14H,3,5-6,8-9,11H2,1-2H3,(H,18,22). The van der Waals surface area contributed by atoms with E-state index in [0.29, 0.717) is 32.5 Å². The lowest BCUT2D eigenvalue weighted by atomic mass is 9.97. The van der Waals surface area contributed by atoms with Crippen LogP contribution in [0.1, 0.15) is 31.0 Å². The third kappa shape index (κ3) is 4.01. The van der Waals surface area contributed by atoms with Gasteiger partial charge >= 0.3 is 0 Å². The SMILES string of the molecule is CCS(=O)(=O)N1CCC(C(=O)NCc2cn3ccc(C)cc3n2)CC1. The van der Waals surface area contributed by atoms with Crippen molar-refractivity contribution < 1.29 is 13.2 Å². The normalized spacial score (nSPS) is 17.0. The molecule has 0 saturated carbocycles. The maximum Gasteiger partial charge on any atom is 0.223 e. The Bertz CT molecular complexity index is 867. The van der Waals surface area contributed by atoms with Crippen molar-refractivity contribution in [2.24, 2.45) is 5.92 Å². The summed E-state index contributed by atoms with van der Waals surface area (Å²) in [6.07, 6.45) is 4.99. The second kappa shape index (κ2) is 7.13. The van der Waals surface area contributed by atoms with Gasteiger partial charge in [0, 0.05) is 31.4 Å². The molecule has 0 atom stereocenters. The highest BCUT2D eigenvalue weighted by Crippen LogP contribution is 2.20. The quantitative estimate of drug-likeness (QED) is 0.867. The molecule has 8 heteroatoms. The minimum absolute atomic E-state index is 0.0261. The molecule has 0 bridgehead atoms. The van der Waals surface area contributed by atoms with E-state index in [1.54, 1.807) is 6.92 Å². The van der Waals surface area contributed by atoms with E-state index >= 15 is 0 Å². The fourth-order valence-corrected chi connectivity index (χ4v) is 4.25. The zero-order valence-corrected chi connectivity index (χ0v) is 15.4. The molecule has 2 aromatic rings. The fraction of sp³-hybridized carbons (Fsp3) is 0.529. The van der Waals surface area contributed by atoms with Crippen LogP contribution in [-0.2, 0) is 21.4 Å². The number of piperidine rings is 1. The topological polar surface area (TPSA) is 83.8 Å². The summed E-state index contributed by atoms with van der Waals surface area (Å²) in [6.45, 7) is 4.88. The summed E-state index contributed by atoms with van der Waals surface area (Å²) >= 11 is 0. The molecule has 1 aliphatic heterocycles.